The van der Waals surface area contributed by atoms with Crippen LogP contribution in [0.4, 0.5) is 5.69 Å². The minimum absolute atomic E-state index is 0.0914. The fourth-order valence-electron chi connectivity index (χ4n) is 2.20. The fraction of sp³-hybridized carbons (Fsp3) is 0.0625. The van der Waals surface area contributed by atoms with E-state index >= 15 is 0 Å². The quantitative estimate of drug-likeness (QED) is 0.506. The van der Waals surface area contributed by atoms with Crippen LogP contribution in [0.3, 0.4) is 0 Å². The van der Waals surface area contributed by atoms with Crippen LogP contribution in [0.15, 0.2) is 52.5 Å². The molecule has 2 aromatic carbocycles. The molecule has 0 aliphatic carbocycles. The summed E-state index contributed by atoms with van der Waals surface area (Å²) in [6.07, 6.45) is 0. The summed E-state index contributed by atoms with van der Waals surface area (Å²) in [5.41, 5.74) is 0.958. The zero-order chi connectivity index (χ0) is 18.0. The number of hydrogen-bond donors (Lipinski definition) is 0. The van der Waals surface area contributed by atoms with Gasteiger partial charge < -0.3 is 4.57 Å². The molecule has 0 spiro atoms. The van der Waals surface area contributed by atoms with Crippen LogP contribution in [0.2, 0.25) is 5.02 Å². The highest BCUT2D eigenvalue weighted by Gasteiger charge is 2.20. The van der Waals surface area contributed by atoms with Gasteiger partial charge >= 0.3 is 0 Å². The number of hydrogen-bond acceptors (Lipinski definition) is 6. The van der Waals surface area contributed by atoms with Gasteiger partial charge in [-0.25, -0.2) is 0 Å². The van der Waals surface area contributed by atoms with Crippen molar-refractivity contribution in [3.05, 3.63) is 63.2 Å². The molecule has 1 heterocycles. The van der Waals surface area contributed by atoms with E-state index in [0.29, 0.717) is 32.0 Å². The van der Waals surface area contributed by atoms with Crippen molar-refractivity contribution in [2.75, 3.05) is 0 Å². The van der Waals surface area contributed by atoms with Crippen LogP contribution in [-0.4, -0.2) is 19.7 Å². The molecule has 9 heteroatoms. The SMILES string of the molecule is Cn1c(Sc2cc(C#N)ccc2[N+](=O)[O-])nnc1-c1ccccc1Cl. The molecule has 0 saturated carbocycles. The average Bonchev–Trinajstić information content (AvgIpc) is 2.95. The standard InChI is InChI=1S/C16H10ClN5O2S/c1-21-15(11-4-2-3-5-12(11)17)19-20-16(21)25-14-8-10(9-18)6-7-13(14)22(23)24/h2-8H,1H3. The Labute approximate surface area is 152 Å². The smallest absolute Gasteiger partial charge is 0.283 e. The first-order valence-corrected chi connectivity index (χ1v) is 8.21. The van der Waals surface area contributed by atoms with Gasteiger partial charge in [0.05, 0.1) is 26.5 Å². The van der Waals surface area contributed by atoms with Crippen molar-refractivity contribution in [3.63, 3.8) is 0 Å². The van der Waals surface area contributed by atoms with E-state index in [0.717, 1.165) is 11.8 Å². The van der Waals surface area contributed by atoms with Gasteiger partial charge in [0.2, 0.25) is 0 Å². The van der Waals surface area contributed by atoms with E-state index in [1.165, 1.54) is 18.2 Å². The summed E-state index contributed by atoms with van der Waals surface area (Å²) in [5.74, 6) is 0.548. The van der Waals surface area contributed by atoms with E-state index in [1.807, 2.05) is 24.3 Å². The van der Waals surface area contributed by atoms with Crippen molar-refractivity contribution in [1.29, 1.82) is 5.26 Å². The molecule has 0 amide bonds. The number of nitro groups is 1. The minimum atomic E-state index is -0.491. The summed E-state index contributed by atoms with van der Waals surface area (Å²) < 4.78 is 1.70. The van der Waals surface area contributed by atoms with Crippen molar-refractivity contribution in [1.82, 2.24) is 14.8 Å². The highest BCUT2D eigenvalue weighted by Crippen LogP contribution is 2.36. The molecule has 0 bridgehead atoms. The topological polar surface area (TPSA) is 97.6 Å². The van der Waals surface area contributed by atoms with Crippen LogP contribution in [0.1, 0.15) is 5.56 Å². The second kappa shape index (κ2) is 6.93. The van der Waals surface area contributed by atoms with Crippen molar-refractivity contribution in [2.24, 2.45) is 7.05 Å². The molecule has 0 saturated heterocycles. The summed E-state index contributed by atoms with van der Waals surface area (Å²) in [4.78, 5) is 11.0. The van der Waals surface area contributed by atoms with Gasteiger partial charge in [0.25, 0.3) is 5.69 Å². The fourth-order valence-corrected chi connectivity index (χ4v) is 3.35. The molecule has 3 aromatic rings. The lowest BCUT2D eigenvalue weighted by Gasteiger charge is -2.06. The monoisotopic (exact) mass is 371 g/mol. The van der Waals surface area contributed by atoms with Crippen molar-refractivity contribution in [3.8, 4) is 17.5 Å². The summed E-state index contributed by atoms with van der Waals surface area (Å²) in [7, 11) is 1.75. The molecule has 0 aliphatic rings. The minimum Gasteiger partial charge on any atom is -0.305 e. The molecule has 0 fully saturated rings. The normalized spacial score (nSPS) is 10.4. The van der Waals surface area contributed by atoms with Gasteiger partial charge in [-0.15, -0.1) is 10.2 Å². The maximum atomic E-state index is 11.2. The van der Waals surface area contributed by atoms with Gasteiger partial charge in [-0.1, -0.05) is 23.7 Å². The number of benzene rings is 2. The van der Waals surface area contributed by atoms with Gasteiger partial charge in [0, 0.05) is 18.7 Å². The van der Waals surface area contributed by atoms with Crippen molar-refractivity contribution in [2.45, 2.75) is 10.1 Å². The highest BCUT2D eigenvalue weighted by atomic mass is 35.5. The number of rotatable bonds is 4. The molecule has 0 N–H and O–H groups in total. The second-order valence-electron chi connectivity index (χ2n) is 5.00. The van der Waals surface area contributed by atoms with Crippen LogP contribution < -0.4 is 0 Å². The zero-order valence-corrected chi connectivity index (χ0v) is 14.5. The Balaban J connectivity index is 2.02. The van der Waals surface area contributed by atoms with Gasteiger partial charge in [0.1, 0.15) is 0 Å². The van der Waals surface area contributed by atoms with Crippen molar-refractivity contribution < 1.29 is 4.92 Å². The lowest BCUT2D eigenvalue weighted by molar-refractivity contribution is -0.387. The first-order valence-electron chi connectivity index (χ1n) is 7.02. The maximum absolute atomic E-state index is 11.2. The molecule has 7 nitrogen and oxygen atoms in total. The third kappa shape index (κ3) is 3.33. The van der Waals surface area contributed by atoms with E-state index in [9.17, 15) is 10.1 Å². The number of halogens is 1. The number of nitro benzene ring substituents is 1. The molecule has 0 unspecified atom stereocenters. The number of aromatic nitrogens is 3. The molecule has 3 rings (SSSR count). The van der Waals surface area contributed by atoms with E-state index < -0.39 is 4.92 Å². The lowest BCUT2D eigenvalue weighted by Crippen LogP contribution is -1.96. The zero-order valence-electron chi connectivity index (χ0n) is 12.9. The second-order valence-corrected chi connectivity index (χ2v) is 6.41. The van der Waals surface area contributed by atoms with Gasteiger partial charge in [-0.2, -0.15) is 5.26 Å². The first-order chi connectivity index (χ1) is 12.0. The molecule has 0 radical (unpaired) electrons. The number of nitriles is 1. The molecular formula is C16H10ClN5O2S. The third-order valence-electron chi connectivity index (χ3n) is 3.44. The summed E-state index contributed by atoms with van der Waals surface area (Å²) >= 11 is 7.27. The predicted molar refractivity (Wildman–Crippen MR) is 93.4 cm³/mol. The van der Waals surface area contributed by atoms with E-state index in [-0.39, 0.29) is 5.69 Å². The van der Waals surface area contributed by atoms with Crippen LogP contribution in [0, 0.1) is 21.4 Å². The summed E-state index contributed by atoms with van der Waals surface area (Å²) in [5, 5.41) is 29.5. The van der Waals surface area contributed by atoms with Gasteiger partial charge in [0.15, 0.2) is 11.0 Å². The predicted octanol–water partition coefficient (Wildman–Crippen LogP) is 4.07. The Morgan fingerprint density at radius 3 is 2.72 bits per heavy atom. The third-order valence-corrected chi connectivity index (χ3v) is 4.85. The average molecular weight is 372 g/mol. The highest BCUT2D eigenvalue weighted by molar-refractivity contribution is 7.99. The van der Waals surface area contributed by atoms with Crippen LogP contribution >= 0.6 is 23.4 Å². The van der Waals surface area contributed by atoms with E-state index in [2.05, 4.69) is 10.2 Å². The molecule has 25 heavy (non-hydrogen) atoms. The molecule has 0 aliphatic heterocycles. The van der Waals surface area contributed by atoms with E-state index in [4.69, 9.17) is 16.9 Å². The van der Waals surface area contributed by atoms with Crippen LogP contribution in [0.5, 0.6) is 0 Å². The Bertz CT molecular complexity index is 1010. The first kappa shape index (κ1) is 17.0. The number of nitrogens with zero attached hydrogens (tertiary/aromatic N) is 5. The Morgan fingerprint density at radius 2 is 2.04 bits per heavy atom. The summed E-state index contributed by atoms with van der Waals surface area (Å²) in [6, 6.07) is 13.4. The van der Waals surface area contributed by atoms with Gasteiger partial charge in [-0.3, -0.25) is 10.1 Å². The lowest BCUT2D eigenvalue weighted by atomic mass is 10.2. The largest absolute Gasteiger partial charge is 0.305 e. The molecule has 124 valence electrons. The Morgan fingerprint density at radius 1 is 1.28 bits per heavy atom. The summed E-state index contributed by atoms with van der Waals surface area (Å²) in [6.45, 7) is 0. The van der Waals surface area contributed by atoms with Crippen LogP contribution in [-0.2, 0) is 7.05 Å². The van der Waals surface area contributed by atoms with Crippen molar-refractivity contribution >= 4 is 29.1 Å². The van der Waals surface area contributed by atoms with E-state index in [1.54, 1.807) is 17.7 Å². The van der Waals surface area contributed by atoms with Gasteiger partial charge in [-0.05, 0) is 36.0 Å². The molecule has 1 aromatic heterocycles. The maximum Gasteiger partial charge on any atom is 0.283 e. The Kier molecular flexibility index (Phi) is 4.70. The molecule has 0 atom stereocenters. The molecular weight excluding hydrogens is 362 g/mol. The Hall–Kier alpha value is -2.89. The van der Waals surface area contributed by atoms with Crippen LogP contribution in [0.25, 0.3) is 11.4 Å².